The fourth-order valence-electron chi connectivity index (χ4n) is 2.92. The van der Waals surface area contributed by atoms with Crippen LogP contribution >= 0.6 is 0 Å². The maximum absolute atomic E-state index is 12.8. The van der Waals surface area contributed by atoms with Crippen molar-refractivity contribution >= 4 is 17.3 Å². The number of halogens is 3. The number of nitrogens with zero attached hydrogens (tertiary/aromatic N) is 2. The van der Waals surface area contributed by atoms with E-state index in [1.54, 1.807) is 17.8 Å². The van der Waals surface area contributed by atoms with E-state index in [-0.39, 0.29) is 12.5 Å². The number of hydrogen-bond acceptors (Lipinski definition) is 4. The Morgan fingerprint density at radius 2 is 1.79 bits per heavy atom. The van der Waals surface area contributed by atoms with Gasteiger partial charge in [0.15, 0.2) is 0 Å². The number of para-hydroxylation sites is 1. The maximum atomic E-state index is 12.8. The average Bonchev–Trinajstić information content (AvgIpc) is 3.02. The lowest BCUT2D eigenvalue weighted by molar-refractivity contribution is -0.144. The molecule has 0 fully saturated rings. The third-order valence-electron chi connectivity index (χ3n) is 4.40. The number of carbonyl (C=O) groups excluding carboxylic acids is 1. The van der Waals surface area contributed by atoms with Crippen LogP contribution in [-0.4, -0.2) is 22.4 Å². The van der Waals surface area contributed by atoms with Gasteiger partial charge in [0.2, 0.25) is 0 Å². The lowest BCUT2D eigenvalue weighted by Crippen LogP contribution is -2.15. The van der Waals surface area contributed by atoms with E-state index in [9.17, 15) is 18.0 Å². The third kappa shape index (κ3) is 4.77. The summed E-state index contributed by atoms with van der Waals surface area (Å²) in [6.07, 6.45) is -2.72. The van der Waals surface area contributed by atoms with E-state index in [0.29, 0.717) is 18.0 Å². The molecule has 0 unspecified atom stereocenters. The second-order valence-corrected chi connectivity index (χ2v) is 6.35. The van der Waals surface area contributed by atoms with Crippen molar-refractivity contribution in [2.75, 3.05) is 11.9 Å². The van der Waals surface area contributed by atoms with Crippen molar-refractivity contribution in [1.29, 1.82) is 0 Å². The molecule has 0 aliphatic carbocycles. The summed E-state index contributed by atoms with van der Waals surface area (Å²) in [5.74, 6) is -0.374. The number of ether oxygens (including phenoxy) is 1. The molecule has 0 bridgehead atoms. The van der Waals surface area contributed by atoms with E-state index in [4.69, 9.17) is 4.74 Å². The van der Waals surface area contributed by atoms with Gasteiger partial charge in [-0.2, -0.15) is 18.3 Å². The molecule has 0 saturated carbocycles. The number of rotatable bonds is 6. The highest BCUT2D eigenvalue weighted by atomic mass is 19.4. The smallest absolute Gasteiger partial charge is 0.416 e. The highest BCUT2D eigenvalue weighted by Crippen LogP contribution is 2.34. The Morgan fingerprint density at radius 1 is 1.10 bits per heavy atom. The van der Waals surface area contributed by atoms with Gasteiger partial charge in [-0.15, -0.1) is 0 Å². The highest BCUT2D eigenvalue weighted by Gasteiger charge is 2.30. The molecule has 1 heterocycles. The molecule has 0 spiro atoms. The molecule has 8 heteroatoms. The van der Waals surface area contributed by atoms with Crippen LogP contribution in [-0.2, 0) is 22.3 Å². The molecule has 0 aliphatic rings. The quantitative estimate of drug-likeness (QED) is 0.576. The molecule has 152 valence electrons. The molecular formula is C21H20F3N3O2. The van der Waals surface area contributed by atoms with Crippen molar-refractivity contribution in [3.05, 3.63) is 66.0 Å². The minimum absolute atomic E-state index is 0.00811. The monoisotopic (exact) mass is 403 g/mol. The van der Waals surface area contributed by atoms with Gasteiger partial charge in [0.05, 0.1) is 18.4 Å². The average molecular weight is 403 g/mol. The van der Waals surface area contributed by atoms with Crippen molar-refractivity contribution in [1.82, 2.24) is 9.78 Å². The van der Waals surface area contributed by atoms with Crippen molar-refractivity contribution < 1.29 is 22.7 Å². The van der Waals surface area contributed by atoms with E-state index >= 15 is 0 Å². The first-order chi connectivity index (χ1) is 13.8. The minimum atomic E-state index is -4.37. The Kier molecular flexibility index (Phi) is 5.91. The molecule has 0 amide bonds. The van der Waals surface area contributed by atoms with Crippen molar-refractivity contribution in [2.24, 2.45) is 0 Å². The first kappa shape index (κ1) is 20.4. The SMILES string of the molecule is CCOC(=O)Cn1ncc(-c2ccccc2Nc2ccc(C(F)(F)F)cc2)c1C. The number of benzene rings is 2. The predicted octanol–water partition coefficient (Wildman–Crippen LogP) is 5.18. The summed E-state index contributed by atoms with van der Waals surface area (Å²) in [5.41, 5.74) is 2.95. The lowest BCUT2D eigenvalue weighted by Gasteiger charge is -2.13. The lowest BCUT2D eigenvalue weighted by atomic mass is 10.0. The van der Waals surface area contributed by atoms with Crippen molar-refractivity contribution in [3.8, 4) is 11.1 Å². The van der Waals surface area contributed by atoms with Gasteiger partial charge < -0.3 is 10.1 Å². The summed E-state index contributed by atoms with van der Waals surface area (Å²) in [6, 6.07) is 12.2. The second kappa shape index (κ2) is 8.38. The van der Waals surface area contributed by atoms with Crippen LogP contribution in [0.15, 0.2) is 54.7 Å². The van der Waals surface area contributed by atoms with E-state index in [1.807, 2.05) is 31.2 Å². The number of nitrogens with one attached hydrogen (secondary N) is 1. The van der Waals surface area contributed by atoms with Crippen LogP contribution in [0.4, 0.5) is 24.5 Å². The normalized spacial score (nSPS) is 11.3. The van der Waals surface area contributed by atoms with Gasteiger partial charge in [-0.1, -0.05) is 18.2 Å². The molecule has 0 aliphatic heterocycles. The Hall–Kier alpha value is -3.29. The van der Waals surface area contributed by atoms with Gasteiger partial charge in [-0.25, -0.2) is 0 Å². The predicted molar refractivity (Wildman–Crippen MR) is 104 cm³/mol. The summed E-state index contributed by atoms with van der Waals surface area (Å²) < 4.78 is 44.8. The Balaban J connectivity index is 1.86. The molecule has 0 radical (unpaired) electrons. The summed E-state index contributed by atoms with van der Waals surface area (Å²) in [5, 5.41) is 7.42. The van der Waals surface area contributed by atoms with Crippen LogP contribution in [0.3, 0.4) is 0 Å². The zero-order valence-electron chi connectivity index (χ0n) is 16.0. The number of alkyl halides is 3. The molecule has 0 saturated heterocycles. The van der Waals surface area contributed by atoms with Crippen LogP contribution in [0.2, 0.25) is 0 Å². The van der Waals surface area contributed by atoms with Crippen LogP contribution in [0, 0.1) is 6.92 Å². The summed E-state index contributed by atoms with van der Waals surface area (Å²) in [7, 11) is 0. The number of aromatic nitrogens is 2. The topological polar surface area (TPSA) is 56.2 Å². The van der Waals surface area contributed by atoms with E-state index in [1.165, 1.54) is 12.1 Å². The summed E-state index contributed by atoms with van der Waals surface area (Å²) >= 11 is 0. The number of esters is 1. The summed E-state index contributed by atoms with van der Waals surface area (Å²) in [6.45, 7) is 3.89. The van der Waals surface area contributed by atoms with Crippen LogP contribution in [0.25, 0.3) is 11.1 Å². The molecular weight excluding hydrogens is 383 g/mol. The van der Waals surface area contributed by atoms with Gasteiger partial charge in [0.1, 0.15) is 6.54 Å². The Labute approximate surface area is 166 Å². The van der Waals surface area contributed by atoms with Crippen LogP contribution < -0.4 is 5.32 Å². The third-order valence-corrected chi connectivity index (χ3v) is 4.40. The molecule has 3 rings (SSSR count). The zero-order valence-corrected chi connectivity index (χ0v) is 16.0. The van der Waals surface area contributed by atoms with Gasteiger partial charge in [-0.3, -0.25) is 9.48 Å². The molecule has 29 heavy (non-hydrogen) atoms. The first-order valence-corrected chi connectivity index (χ1v) is 9.01. The molecule has 5 nitrogen and oxygen atoms in total. The largest absolute Gasteiger partial charge is 0.465 e. The van der Waals surface area contributed by atoms with Gasteiger partial charge in [0, 0.05) is 28.2 Å². The Bertz CT molecular complexity index is 995. The molecule has 0 atom stereocenters. The number of carbonyl (C=O) groups is 1. The van der Waals surface area contributed by atoms with Crippen molar-refractivity contribution in [2.45, 2.75) is 26.6 Å². The highest BCUT2D eigenvalue weighted by molar-refractivity contribution is 5.82. The molecule has 1 aromatic heterocycles. The van der Waals surface area contributed by atoms with Gasteiger partial charge >= 0.3 is 12.1 Å². The zero-order chi connectivity index (χ0) is 21.0. The van der Waals surface area contributed by atoms with Gasteiger partial charge in [0.25, 0.3) is 0 Å². The Morgan fingerprint density at radius 3 is 2.45 bits per heavy atom. The van der Waals surface area contributed by atoms with Crippen LogP contribution in [0.1, 0.15) is 18.2 Å². The minimum Gasteiger partial charge on any atom is -0.465 e. The van der Waals surface area contributed by atoms with E-state index < -0.39 is 11.7 Å². The number of anilines is 2. The molecule has 3 aromatic rings. The maximum Gasteiger partial charge on any atom is 0.416 e. The molecule has 2 aromatic carbocycles. The second-order valence-electron chi connectivity index (χ2n) is 6.35. The summed E-state index contributed by atoms with van der Waals surface area (Å²) in [4.78, 5) is 11.7. The van der Waals surface area contributed by atoms with Gasteiger partial charge in [-0.05, 0) is 44.2 Å². The fourth-order valence-corrected chi connectivity index (χ4v) is 2.92. The van der Waals surface area contributed by atoms with E-state index in [0.717, 1.165) is 29.0 Å². The fraction of sp³-hybridized carbons (Fsp3) is 0.238. The standard InChI is InChI=1S/C21H20F3N3O2/c1-3-29-20(28)13-27-14(2)18(12-25-27)17-6-4-5-7-19(17)26-16-10-8-15(9-11-16)21(22,23)24/h4-12,26H,3,13H2,1-2H3. The first-order valence-electron chi connectivity index (χ1n) is 9.01. The number of hydrogen-bond donors (Lipinski definition) is 1. The van der Waals surface area contributed by atoms with Crippen molar-refractivity contribution in [3.63, 3.8) is 0 Å². The van der Waals surface area contributed by atoms with Crippen LogP contribution in [0.5, 0.6) is 0 Å². The molecule has 1 N–H and O–H groups in total. The van der Waals surface area contributed by atoms with E-state index in [2.05, 4.69) is 10.4 Å².